The number of ketones is 2. The van der Waals surface area contributed by atoms with Crippen LogP contribution in [0.5, 0.6) is 0 Å². The van der Waals surface area contributed by atoms with Crippen LogP contribution in [0.3, 0.4) is 0 Å². The lowest BCUT2D eigenvalue weighted by molar-refractivity contribution is 0.0990. The molecule has 0 fully saturated rings. The van der Waals surface area contributed by atoms with Crippen molar-refractivity contribution in [2.24, 2.45) is 0 Å². The van der Waals surface area contributed by atoms with Crippen LogP contribution in [0.2, 0.25) is 5.02 Å². The van der Waals surface area contributed by atoms with E-state index in [0.29, 0.717) is 27.7 Å². The summed E-state index contributed by atoms with van der Waals surface area (Å²) >= 11 is 6.15. The van der Waals surface area contributed by atoms with Gasteiger partial charge in [0.1, 0.15) is 11.5 Å². The minimum absolute atomic E-state index is 0.130. The molecule has 122 valence electrons. The van der Waals surface area contributed by atoms with E-state index in [0.717, 1.165) is 11.1 Å². The van der Waals surface area contributed by atoms with E-state index in [1.54, 1.807) is 30.3 Å². The summed E-state index contributed by atoms with van der Waals surface area (Å²) in [5, 5.41) is 0.658. The monoisotopic (exact) mass is 348 g/mol. The maximum absolute atomic E-state index is 12.4. The van der Waals surface area contributed by atoms with E-state index in [9.17, 15) is 9.59 Å². The van der Waals surface area contributed by atoms with Crippen molar-refractivity contribution in [1.82, 2.24) is 0 Å². The Morgan fingerprint density at radius 3 is 2.16 bits per heavy atom. The van der Waals surface area contributed by atoms with Crippen LogP contribution in [0.1, 0.15) is 32.0 Å². The first-order valence-corrected chi connectivity index (χ1v) is 8.19. The smallest absolute Gasteiger partial charge is 0.197 e. The van der Waals surface area contributed by atoms with Gasteiger partial charge in [-0.15, -0.1) is 0 Å². The lowest BCUT2D eigenvalue weighted by atomic mass is 10.1. The number of halogens is 1. The van der Waals surface area contributed by atoms with Crippen molar-refractivity contribution in [1.29, 1.82) is 0 Å². The molecule has 1 heterocycles. The maximum atomic E-state index is 12.4. The lowest BCUT2D eigenvalue weighted by Crippen LogP contribution is -1.99. The highest BCUT2D eigenvalue weighted by Gasteiger charge is 2.32. The van der Waals surface area contributed by atoms with Crippen LogP contribution in [0.15, 0.2) is 64.6 Å². The first-order chi connectivity index (χ1) is 12.1. The molecule has 3 aromatic rings. The van der Waals surface area contributed by atoms with Crippen LogP contribution in [-0.2, 0) is 0 Å². The van der Waals surface area contributed by atoms with E-state index in [4.69, 9.17) is 16.0 Å². The Balaban J connectivity index is 1.73. The minimum atomic E-state index is -0.266. The van der Waals surface area contributed by atoms with Gasteiger partial charge >= 0.3 is 0 Å². The molecule has 0 radical (unpaired) electrons. The fraction of sp³-hybridized carbons (Fsp3) is 0.0476. The number of Topliss-reactive ketones (excluding diaryl/α,β-unsaturated/α-hetero) is 2. The zero-order chi connectivity index (χ0) is 17.6. The molecule has 0 atom stereocenters. The first kappa shape index (κ1) is 15.6. The van der Waals surface area contributed by atoms with Gasteiger partial charge in [0.15, 0.2) is 11.6 Å². The van der Waals surface area contributed by atoms with Crippen LogP contribution in [0.25, 0.3) is 17.4 Å². The van der Waals surface area contributed by atoms with Crippen molar-refractivity contribution in [3.63, 3.8) is 0 Å². The Kier molecular flexibility index (Phi) is 3.66. The van der Waals surface area contributed by atoms with Gasteiger partial charge in [0.05, 0.1) is 5.57 Å². The molecule has 1 aliphatic carbocycles. The zero-order valence-electron chi connectivity index (χ0n) is 13.4. The molecule has 3 nitrogen and oxygen atoms in total. The van der Waals surface area contributed by atoms with Gasteiger partial charge in [0, 0.05) is 21.7 Å². The van der Waals surface area contributed by atoms with Gasteiger partial charge in [0.25, 0.3) is 0 Å². The summed E-state index contributed by atoms with van der Waals surface area (Å²) < 4.78 is 5.82. The van der Waals surface area contributed by atoms with Crippen molar-refractivity contribution in [2.45, 2.75) is 6.92 Å². The fourth-order valence-electron chi connectivity index (χ4n) is 3.00. The number of allylic oxidation sites excluding steroid dienone is 1. The molecular formula is C21H13ClO3. The third kappa shape index (κ3) is 2.53. The number of furan rings is 1. The van der Waals surface area contributed by atoms with E-state index in [1.807, 2.05) is 31.2 Å². The molecule has 4 rings (SSSR count). The van der Waals surface area contributed by atoms with Gasteiger partial charge in [0.2, 0.25) is 0 Å². The summed E-state index contributed by atoms with van der Waals surface area (Å²) in [7, 11) is 0. The topological polar surface area (TPSA) is 47.3 Å². The van der Waals surface area contributed by atoms with Crippen molar-refractivity contribution >= 4 is 29.2 Å². The third-order valence-electron chi connectivity index (χ3n) is 4.35. The van der Waals surface area contributed by atoms with E-state index < -0.39 is 0 Å². The molecule has 0 spiro atoms. The molecular weight excluding hydrogens is 336 g/mol. The van der Waals surface area contributed by atoms with Crippen LogP contribution in [0.4, 0.5) is 0 Å². The Hall–Kier alpha value is -2.91. The average Bonchev–Trinajstić information content (AvgIpc) is 3.17. The van der Waals surface area contributed by atoms with Crippen molar-refractivity contribution in [3.05, 3.63) is 87.6 Å². The van der Waals surface area contributed by atoms with Crippen LogP contribution in [0, 0.1) is 6.92 Å². The summed E-state index contributed by atoms with van der Waals surface area (Å²) in [5.41, 5.74) is 2.81. The Bertz CT molecular complexity index is 1020. The molecule has 1 aromatic heterocycles. The summed E-state index contributed by atoms with van der Waals surface area (Å²) in [6, 6.07) is 16.0. The fourth-order valence-corrected chi connectivity index (χ4v) is 3.17. The number of benzene rings is 2. The molecule has 4 heteroatoms. The summed E-state index contributed by atoms with van der Waals surface area (Å²) in [5.74, 6) is 0.566. The predicted molar refractivity (Wildman–Crippen MR) is 97.0 cm³/mol. The molecule has 25 heavy (non-hydrogen) atoms. The van der Waals surface area contributed by atoms with Gasteiger partial charge in [-0.2, -0.15) is 0 Å². The minimum Gasteiger partial charge on any atom is -0.457 e. The molecule has 0 saturated heterocycles. The highest BCUT2D eigenvalue weighted by Crippen LogP contribution is 2.32. The zero-order valence-corrected chi connectivity index (χ0v) is 14.1. The lowest BCUT2D eigenvalue weighted by Gasteiger charge is -2.03. The normalized spacial score (nSPS) is 13.3. The molecule has 0 amide bonds. The highest BCUT2D eigenvalue weighted by molar-refractivity contribution is 6.41. The quantitative estimate of drug-likeness (QED) is 0.462. The molecule has 0 bridgehead atoms. The van der Waals surface area contributed by atoms with Crippen LogP contribution < -0.4 is 0 Å². The van der Waals surface area contributed by atoms with Gasteiger partial charge in [-0.25, -0.2) is 0 Å². The average molecular weight is 349 g/mol. The van der Waals surface area contributed by atoms with Gasteiger partial charge in [-0.05, 0) is 36.8 Å². The first-order valence-electron chi connectivity index (χ1n) is 7.81. The number of rotatable bonds is 2. The number of hydrogen-bond donors (Lipinski definition) is 0. The molecule has 0 saturated carbocycles. The number of fused-ring (bicyclic) bond motifs is 1. The van der Waals surface area contributed by atoms with Gasteiger partial charge in [-0.1, -0.05) is 48.0 Å². The second kappa shape index (κ2) is 5.87. The van der Waals surface area contributed by atoms with E-state index in [-0.39, 0.29) is 17.1 Å². The van der Waals surface area contributed by atoms with Gasteiger partial charge in [-0.3, -0.25) is 9.59 Å². The number of hydrogen-bond acceptors (Lipinski definition) is 3. The van der Waals surface area contributed by atoms with Crippen molar-refractivity contribution < 1.29 is 14.0 Å². The molecule has 0 unspecified atom stereocenters. The predicted octanol–water partition coefficient (Wildman–Crippen LogP) is 5.37. The largest absolute Gasteiger partial charge is 0.457 e. The van der Waals surface area contributed by atoms with E-state index >= 15 is 0 Å². The Morgan fingerprint density at radius 1 is 0.840 bits per heavy atom. The third-order valence-corrected chi connectivity index (χ3v) is 4.76. The Labute approximate surface area is 149 Å². The second-order valence-corrected chi connectivity index (χ2v) is 6.28. The summed E-state index contributed by atoms with van der Waals surface area (Å²) in [4.78, 5) is 24.9. The maximum Gasteiger partial charge on any atom is 0.197 e. The summed E-state index contributed by atoms with van der Waals surface area (Å²) in [6.07, 6.45) is 1.51. The SMILES string of the molecule is Cc1c(Cl)cccc1-c1ccc(C=C2C(=O)c3ccccc3C2=O)o1. The molecule has 0 N–H and O–H groups in total. The molecule has 0 aliphatic heterocycles. The van der Waals surface area contributed by atoms with Gasteiger partial charge < -0.3 is 4.42 Å². The standard InChI is InChI=1S/C21H13ClO3/c1-12-14(7-4-8-18(12)22)19-10-9-13(25-19)11-17-20(23)15-5-2-3-6-16(15)21(17)24/h2-11H,1H3. The highest BCUT2D eigenvalue weighted by atomic mass is 35.5. The van der Waals surface area contributed by atoms with E-state index in [2.05, 4.69) is 0 Å². The molecule has 2 aromatic carbocycles. The van der Waals surface area contributed by atoms with Crippen LogP contribution in [-0.4, -0.2) is 11.6 Å². The van der Waals surface area contributed by atoms with E-state index in [1.165, 1.54) is 6.08 Å². The number of carbonyl (C=O) groups excluding carboxylic acids is 2. The van der Waals surface area contributed by atoms with Crippen molar-refractivity contribution in [2.75, 3.05) is 0 Å². The van der Waals surface area contributed by atoms with Crippen molar-refractivity contribution in [3.8, 4) is 11.3 Å². The summed E-state index contributed by atoms with van der Waals surface area (Å²) in [6.45, 7) is 1.92. The second-order valence-electron chi connectivity index (χ2n) is 5.88. The molecule has 1 aliphatic rings. The van der Waals surface area contributed by atoms with Crippen LogP contribution >= 0.6 is 11.6 Å². The number of carbonyl (C=O) groups is 2. The Morgan fingerprint density at radius 2 is 1.48 bits per heavy atom.